The Kier molecular flexibility index (Phi) is 6.50. The third-order valence-electron chi connectivity index (χ3n) is 6.09. The monoisotopic (exact) mass is 420 g/mol. The zero-order valence-electron chi connectivity index (χ0n) is 17.2. The lowest BCUT2D eigenvalue weighted by molar-refractivity contribution is -0.258. The summed E-state index contributed by atoms with van der Waals surface area (Å²) in [5, 5.41) is 9.80. The number of nitrogens with zero attached hydrogens (tertiary/aromatic N) is 2. The second kappa shape index (κ2) is 8.76. The van der Waals surface area contributed by atoms with Crippen molar-refractivity contribution in [2.75, 3.05) is 6.54 Å². The van der Waals surface area contributed by atoms with Crippen LogP contribution >= 0.6 is 0 Å². The van der Waals surface area contributed by atoms with Crippen LogP contribution in [0.15, 0.2) is 48.7 Å². The highest BCUT2D eigenvalue weighted by Gasteiger charge is 2.51. The number of halogens is 3. The first-order chi connectivity index (χ1) is 14.1. The maximum absolute atomic E-state index is 13.0. The lowest BCUT2D eigenvalue weighted by Crippen LogP contribution is -2.42. The first-order valence-corrected chi connectivity index (χ1v) is 10.3. The molecule has 1 heterocycles. The Balaban J connectivity index is 1.68. The number of rotatable bonds is 5. The van der Waals surface area contributed by atoms with Crippen molar-refractivity contribution in [3.05, 3.63) is 65.5 Å². The number of carbonyl (C=O) groups is 1. The molecule has 4 nitrogen and oxygen atoms in total. The molecule has 162 valence electrons. The van der Waals surface area contributed by atoms with Crippen molar-refractivity contribution in [1.29, 1.82) is 0 Å². The third-order valence-corrected chi connectivity index (χ3v) is 6.09. The fourth-order valence-corrected chi connectivity index (χ4v) is 4.14. The van der Waals surface area contributed by atoms with Crippen molar-refractivity contribution < 1.29 is 23.1 Å². The number of hydrogen-bond donors (Lipinski definition) is 1. The Morgan fingerprint density at radius 3 is 2.23 bits per heavy atom. The first kappa shape index (κ1) is 22.3. The van der Waals surface area contributed by atoms with E-state index >= 15 is 0 Å². The molecule has 1 aromatic heterocycles. The van der Waals surface area contributed by atoms with Gasteiger partial charge < -0.3 is 10.0 Å². The average Bonchev–Trinajstić information content (AvgIpc) is 2.74. The molecule has 3 rings (SSSR count). The molecule has 1 fully saturated rings. The Morgan fingerprint density at radius 2 is 1.73 bits per heavy atom. The lowest BCUT2D eigenvalue weighted by Gasteiger charge is -2.36. The average molecular weight is 420 g/mol. The number of aliphatic hydroxyl groups is 1. The van der Waals surface area contributed by atoms with Crippen LogP contribution in [-0.4, -0.2) is 39.7 Å². The molecule has 0 unspecified atom stereocenters. The Bertz CT molecular complexity index is 843. The van der Waals surface area contributed by atoms with Crippen LogP contribution in [0.25, 0.3) is 0 Å². The summed E-state index contributed by atoms with van der Waals surface area (Å²) in [6.45, 7) is 3.15. The molecule has 7 heteroatoms. The standard InChI is InChI=1S/C23H27F3N2O2/c1-3-28(19-13-9-16(10-14-19)20-6-4-5-15-27-20)21(29)17-7-11-18(12-8-17)22(2,30)23(24,25)26/h4-8,11-12,15-16,19,30H,3,9-10,13-14H2,1-2H3/t16-,19+,22-/m0/s1. The van der Waals surface area contributed by atoms with Crippen LogP contribution in [-0.2, 0) is 5.60 Å². The molecule has 1 aliphatic rings. The minimum absolute atomic E-state index is 0.0976. The van der Waals surface area contributed by atoms with Crippen LogP contribution in [0.4, 0.5) is 13.2 Å². The number of amides is 1. The number of benzene rings is 1. The van der Waals surface area contributed by atoms with Gasteiger partial charge in [-0.3, -0.25) is 9.78 Å². The summed E-state index contributed by atoms with van der Waals surface area (Å²) in [6.07, 6.45) is 0.615. The van der Waals surface area contributed by atoms with Crippen molar-refractivity contribution >= 4 is 5.91 Å². The summed E-state index contributed by atoms with van der Waals surface area (Å²) < 4.78 is 39.1. The van der Waals surface area contributed by atoms with E-state index < -0.39 is 11.8 Å². The van der Waals surface area contributed by atoms with E-state index in [1.165, 1.54) is 24.3 Å². The van der Waals surface area contributed by atoms with Gasteiger partial charge in [0, 0.05) is 36.0 Å². The molecule has 2 aromatic rings. The van der Waals surface area contributed by atoms with Crippen LogP contribution in [0.3, 0.4) is 0 Å². The highest BCUT2D eigenvalue weighted by Crippen LogP contribution is 2.38. The number of aromatic nitrogens is 1. The first-order valence-electron chi connectivity index (χ1n) is 10.3. The molecule has 1 aliphatic carbocycles. The van der Waals surface area contributed by atoms with Crippen molar-refractivity contribution in [2.45, 2.75) is 63.3 Å². The third kappa shape index (κ3) is 4.51. The maximum atomic E-state index is 13.0. The van der Waals surface area contributed by atoms with Gasteiger partial charge in [0.15, 0.2) is 5.60 Å². The van der Waals surface area contributed by atoms with Gasteiger partial charge in [0.05, 0.1) is 0 Å². The molecular weight excluding hydrogens is 393 g/mol. The lowest BCUT2D eigenvalue weighted by atomic mass is 9.83. The number of alkyl halides is 3. The molecule has 1 saturated carbocycles. The second-order valence-corrected chi connectivity index (χ2v) is 8.00. The van der Waals surface area contributed by atoms with Gasteiger partial charge in [-0.05, 0) is 69.4 Å². The van der Waals surface area contributed by atoms with Crippen molar-refractivity contribution in [3.8, 4) is 0 Å². The summed E-state index contributed by atoms with van der Waals surface area (Å²) in [4.78, 5) is 19.2. The summed E-state index contributed by atoms with van der Waals surface area (Å²) in [5.41, 5.74) is -1.84. The van der Waals surface area contributed by atoms with E-state index in [1.807, 2.05) is 25.1 Å². The molecule has 0 saturated heterocycles. The van der Waals surface area contributed by atoms with Gasteiger partial charge >= 0.3 is 6.18 Å². The van der Waals surface area contributed by atoms with E-state index in [-0.39, 0.29) is 17.5 Å². The molecule has 1 amide bonds. The number of pyridine rings is 1. The molecule has 1 N–H and O–H groups in total. The molecule has 1 aromatic carbocycles. The second-order valence-electron chi connectivity index (χ2n) is 8.00. The summed E-state index contributed by atoms with van der Waals surface area (Å²) in [6, 6.07) is 11.1. The maximum Gasteiger partial charge on any atom is 0.421 e. The van der Waals surface area contributed by atoms with Gasteiger partial charge in [-0.25, -0.2) is 0 Å². The SMILES string of the molecule is CCN(C(=O)c1ccc([C@](C)(O)C(F)(F)F)cc1)[C@H]1CC[C@@H](c2ccccn2)CC1. The summed E-state index contributed by atoms with van der Waals surface area (Å²) >= 11 is 0. The molecule has 0 aliphatic heterocycles. The van der Waals surface area contributed by atoms with Gasteiger partial charge in [-0.1, -0.05) is 18.2 Å². The zero-order chi connectivity index (χ0) is 21.9. The molecule has 1 atom stereocenters. The molecule has 0 spiro atoms. The van der Waals surface area contributed by atoms with Crippen LogP contribution in [0, 0.1) is 0 Å². The largest absolute Gasteiger partial charge is 0.421 e. The zero-order valence-corrected chi connectivity index (χ0v) is 17.2. The predicted molar refractivity (Wildman–Crippen MR) is 108 cm³/mol. The smallest absolute Gasteiger partial charge is 0.376 e. The van der Waals surface area contributed by atoms with Crippen LogP contribution in [0.5, 0.6) is 0 Å². The minimum atomic E-state index is -4.79. The Labute approximate surface area is 174 Å². The summed E-state index contributed by atoms with van der Waals surface area (Å²) in [7, 11) is 0. The summed E-state index contributed by atoms with van der Waals surface area (Å²) in [5.74, 6) is 0.192. The highest BCUT2D eigenvalue weighted by molar-refractivity contribution is 5.94. The van der Waals surface area contributed by atoms with E-state index in [2.05, 4.69) is 4.98 Å². The Hall–Kier alpha value is -2.41. The quantitative estimate of drug-likeness (QED) is 0.737. The fraction of sp³-hybridized carbons (Fsp3) is 0.478. The van der Waals surface area contributed by atoms with Gasteiger partial charge in [-0.15, -0.1) is 0 Å². The molecular formula is C23H27F3N2O2. The van der Waals surface area contributed by atoms with E-state index in [9.17, 15) is 23.1 Å². The number of hydrogen-bond acceptors (Lipinski definition) is 3. The topological polar surface area (TPSA) is 53.4 Å². The van der Waals surface area contributed by atoms with Gasteiger partial charge in [0.1, 0.15) is 0 Å². The van der Waals surface area contributed by atoms with Crippen LogP contribution in [0.1, 0.15) is 67.1 Å². The normalized spacial score (nSPS) is 21.7. The fourth-order valence-electron chi connectivity index (χ4n) is 4.14. The van der Waals surface area contributed by atoms with Crippen molar-refractivity contribution in [2.24, 2.45) is 0 Å². The minimum Gasteiger partial charge on any atom is -0.376 e. The predicted octanol–water partition coefficient (Wildman–Crippen LogP) is 5.04. The van der Waals surface area contributed by atoms with Crippen LogP contribution in [0.2, 0.25) is 0 Å². The van der Waals surface area contributed by atoms with Crippen LogP contribution < -0.4 is 0 Å². The van der Waals surface area contributed by atoms with Gasteiger partial charge in [0.2, 0.25) is 0 Å². The van der Waals surface area contributed by atoms with Gasteiger partial charge in [-0.2, -0.15) is 13.2 Å². The van der Waals surface area contributed by atoms with Crippen molar-refractivity contribution in [3.63, 3.8) is 0 Å². The highest BCUT2D eigenvalue weighted by atomic mass is 19.4. The van der Waals surface area contributed by atoms with Gasteiger partial charge in [0.25, 0.3) is 5.91 Å². The van der Waals surface area contributed by atoms with E-state index in [4.69, 9.17) is 0 Å². The molecule has 30 heavy (non-hydrogen) atoms. The number of carbonyl (C=O) groups excluding carboxylic acids is 1. The van der Waals surface area contributed by atoms with Crippen molar-refractivity contribution in [1.82, 2.24) is 9.88 Å². The van der Waals surface area contributed by atoms with E-state index in [0.29, 0.717) is 24.9 Å². The molecule has 0 radical (unpaired) electrons. The van der Waals surface area contributed by atoms with E-state index in [0.717, 1.165) is 31.4 Å². The Morgan fingerprint density at radius 1 is 1.10 bits per heavy atom. The van der Waals surface area contributed by atoms with E-state index in [1.54, 1.807) is 11.1 Å². The molecule has 0 bridgehead atoms.